The molecule has 0 aliphatic carbocycles. The van der Waals surface area contributed by atoms with Gasteiger partial charge >= 0.3 is 5.97 Å². The van der Waals surface area contributed by atoms with Crippen molar-refractivity contribution in [3.05, 3.63) is 23.2 Å². The van der Waals surface area contributed by atoms with Gasteiger partial charge in [0.2, 0.25) is 0 Å². The van der Waals surface area contributed by atoms with Gasteiger partial charge in [-0.3, -0.25) is 9.78 Å². The van der Waals surface area contributed by atoms with Crippen LogP contribution in [0.3, 0.4) is 0 Å². The maximum atomic E-state index is 11.6. The Bertz CT molecular complexity index is 426. The van der Waals surface area contributed by atoms with Crippen molar-refractivity contribution in [3.63, 3.8) is 0 Å². The number of hydrogen-bond donors (Lipinski definition) is 2. The van der Waals surface area contributed by atoms with Crippen LogP contribution in [0, 0.1) is 0 Å². The molecule has 17 heavy (non-hydrogen) atoms. The molecule has 0 spiro atoms. The van der Waals surface area contributed by atoms with Gasteiger partial charge in [-0.25, -0.2) is 9.78 Å². The van der Waals surface area contributed by atoms with Crippen LogP contribution in [0.5, 0.6) is 0 Å². The van der Waals surface area contributed by atoms with Gasteiger partial charge in [0.15, 0.2) is 6.04 Å². The van der Waals surface area contributed by atoms with Crippen LogP contribution in [0.25, 0.3) is 0 Å². The summed E-state index contributed by atoms with van der Waals surface area (Å²) in [5, 5.41) is 11.1. The van der Waals surface area contributed by atoms with Crippen LogP contribution in [-0.2, 0) is 9.53 Å². The third kappa shape index (κ3) is 3.97. The molecule has 0 aliphatic rings. The summed E-state index contributed by atoms with van der Waals surface area (Å²) in [5.41, 5.74) is -0.0557. The molecule has 1 amide bonds. The zero-order chi connectivity index (χ0) is 12.8. The molecule has 0 saturated heterocycles. The van der Waals surface area contributed by atoms with Gasteiger partial charge in [-0.15, -0.1) is 0 Å². The number of amides is 1. The second-order valence-corrected chi connectivity index (χ2v) is 3.43. The third-order valence-corrected chi connectivity index (χ3v) is 1.96. The molecule has 1 heterocycles. The average molecular weight is 260 g/mol. The molecule has 92 valence electrons. The number of carbonyl (C=O) groups is 2. The van der Waals surface area contributed by atoms with Gasteiger partial charge in [0.25, 0.3) is 5.91 Å². The Morgan fingerprint density at radius 1 is 1.59 bits per heavy atom. The SMILES string of the molecule is COCC(NC(=O)c1cncc(Cl)n1)C(=O)O. The lowest BCUT2D eigenvalue weighted by atomic mass is 10.3. The lowest BCUT2D eigenvalue weighted by Crippen LogP contribution is -2.44. The van der Waals surface area contributed by atoms with Crippen LogP contribution in [0.15, 0.2) is 12.4 Å². The van der Waals surface area contributed by atoms with Crippen molar-refractivity contribution in [2.45, 2.75) is 6.04 Å². The largest absolute Gasteiger partial charge is 0.480 e. The van der Waals surface area contributed by atoms with Gasteiger partial charge in [0.05, 0.1) is 19.0 Å². The number of carbonyl (C=O) groups excluding carboxylic acids is 1. The van der Waals surface area contributed by atoms with Crippen molar-refractivity contribution >= 4 is 23.5 Å². The lowest BCUT2D eigenvalue weighted by Gasteiger charge is -2.12. The number of carboxylic acid groups (broad SMARTS) is 1. The van der Waals surface area contributed by atoms with E-state index in [1.54, 1.807) is 0 Å². The van der Waals surface area contributed by atoms with E-state index < -0.39 is 17.9 Å². The number of carboxylic acids is 1. The molecule has 1 aromatic rings. The molecule has 2 N–H and O–H groups in total. The van der Waals surface area contributed by atoms with E-state index in [0.717, 1.165) is 0 Å². The highest BCUT2D eigenvalue weighted by Gasteiger charge is 2.21. The van der Waals surface area contributed by atoms with Crippen LogP contribution in [0.1, 0.15) is 10.5 Å². The first-order valence-electron chi connectivity index (χ1n) is 4.54. The van der Waals surface area contributed by atoms with Gasteiger partial charge < -0.3 is 15.2 Å². The highest BCUT2D eigenvalue weighted by atomic mass is 35.5. The Balaban J connectivity index is 2.73. The quantitative estimate of drug-likeness (QED) is 0.769. The molecule has 1 atom stereocenters. The fourth-order valence-corrected chi connectivity index (χ4v) is 1.17. The van der Waals surface area contributed by atoms with Crippen molar-refractivity contribution in [1.82, 2.24) is 15.3 Å². The smallest absolute Gasteiger partial charge is 0.328 e. The summed E-state index contributed by atoms with van der Waals surface area (Å²) in [4.78, 5) is 29.7. The normalized spacial score (nSPS) is 11.9. The number of hydrogen-bond acceptors (Lipinski definition) is 5. The summed E-state index contributed by atoms with van der Waals surface area (Å²) < 4.78 is 4.67. The average Bonchev–Trinajstić information content (AvgIpc) is 2.28. The Hall–Kier alpha value is -1.73. The fraction of sp³-hybridized carbons (Fsp3) is 0.333. The molecular formula is C9H10ClN3O4. The van der Waals surface area contributed by atoms with E-state index in [9.17, 15) is 9.59 Å². The van der Waals surface area contributed by atoms with Gasteiger partial charge in [-0.2, -0.15) is 0 Å². The van der Waals surface area contributed by atoms with Crippen molar-refractivity contribution in [3.8, 4) is 0 Å². The first-order chi connectivity index (χ1) is 8.04. The van der Waals surface area contributed by atoms with E-state index in [2.05, 4.69) is 20.0 Å². The molecule has 8 heteroatoms. The summed E-state index contributed by atoms with van der Waals surface area (Å²) in [6.45, 7) is -0.144. The number of rotatable bonds is 5. The monoisotopic (exact) mass is 259 g/mol. The highest BCUT2D eigenvalue weighted by molar-refractivity contribution is 6.29. The Morgan fingerprint density at radius 3 is 2.82 bits per heavy atom. The zero-order valence-electron chi connectivity index (χ0n) is 8.88. The molecule has 0 radical (unpaired) electrons. The van der Waals surface area contributed by atoms with Crippen LogP contribution in [0.4, 0.5) is 0 Å². The van der Waals surface area contributed by atoms with Crippen molar-refractivity contribution < 1.29 is 19.4 Å². The molecule has 1 unspecified atom stereocenters. The number of nitrogens with zero attached hydrogens (tertiary/aromatic N) is 2. The minimum Gasteiger partial charge on any atom is -0.480 e. The molecule has 0 aliphatic heterocycles. The minimum absolute atomic E-state index is 0.0521. The minimum atomic E-state index is -1.20. The zero-order valence-corrected chi connectivity index (χ0v) is 9.64. The standard InChI is InChI=1S/C9H10ClN3O4/c1-17-4-6(9(15)16)13-8(14)5-2-11-3-7(10)12-5/h2-3,6H,4H2,1H3,(H,13,14)(H,15,16). The van der Waals surface area contributed by atoms with E-state index in [0.29, 0.717) is 0 Å². The first kappa shape index (κ1) is 13.3. The van der Waals surface area contributed by atoms with Gasteiger partial charge in [-0.1, -0.05) is 11.6 Å². The van der Waals surface area contributed by atoms with Crippen LogP contribution >= 0.6 is 11.6 Å². The molecule has 1 aromatic heterocycles. The Morgan fingerprint density at radius 2 is 2.29 bits per heavy atom. The van der Waals surface area contributed by atoms with Crippen LogP contribution in [0.2, 0.25) is 5.15 Å². The van der Waals surface area contributed by atoms with E-state index >= 15 is 0 Å². The number of methoxy groups -OCH3 is 1. The number of aromatic nitrogens is 2. The summed E-state index contributed by atoms with van der Waals surface area (Å²) in [5.74, 6) is -1.88. The first-order valence-corrected chi connectivity index (χ1v) is 4.92. The second kappa shape index (κ2) is 6.12. The molecule has 0 fully saturated rings. The summed E-state index contributed by atoms with van der Waals surface area (Å²) in [6, 6.07) is -1.15. The lowest BCUT2D eigenvalue weighted by molar-refractivity contribution is -0.140. The summed E-state index contributed by atoms with van der Waals surface area (Å²) in [7, 11) is 1.33. The van der Waals surface area contributed by atoms with E-state index in [4.69, 9.17) is 16.7 Å². The van der Waals surface area contributed by atoms with E-state index in [-0.39, 0.29) is 17.5 Å². The summed E-state index contributed by atoms with van der Waals surface area (Å²) >= 11 is 5.55. The second-order valence-electron chi connectivity index (χ2n) is 3.05. The number of halogens is 1. The fourth-order valence-electron chi connectivity index (χ4n) is 1.03. The highest BCUT2D eigenvalue weighted by Crippen LogP contribution is 2.02. The van der Waals surface area contributed by atoms with Crippen LogP contribution < -0.4 is 5.32 Å². The predicted octanol–water partition coefficient (Wildman–Crippen LogP) is -0.0406. The van der Waals surface area contributed by atoms with Crippen molar-refractivity contribution in [2.24, 2.45) is 0 Å². The topological polar surface area (TPSA) is 101 Å². The van der Waals surface area contributed by atoms with Crippen molar-refractivity contribution in [1.29, 1.82) is 0 Å². The molecule has 0 saturated carbocycles. The summed E-state index contributed by atoms with van der Waals surface area (Å²) in [6.07, 6.45) is 2.45. The van der Waals surface area contributed by atoms with E-state index in [1.807, 2.05) is 0 Å². The third-order valence-electron chi connectivity index (χ3n) is 1.77. The molecule has 0 aromatic carbocycles. The van der Waals surface area contributed by atoms with Crippen LogP contribution in [-0.4, -0.2) is 46.7 Å². The van der Waals surface area contributed by atoms with Gasteiger partial charge in [-0.05, 0) is 0 Å². The Kier molecular flexibility index (Phi) is 4.80. The molecule has 1 rings (SSSR count). The molecule has 7 nitrogen and oxygen atoms in total. The van der Waals surface area contributed by atoms with Gasteiger partial charge in [0.1, 0.15) is 10.8 Å². The number of nitrogens with one attached hydrogen (secondary N) is 1. The van der Waals surface area contributed by atoms with Crippen molar-refractivity contribution in [2.75, 3.05) is 13.7 Å². The van der Waals surface area contributed by atoms with E-state index in [1.165, 1.54) is 19.5 Å². The number of ether oxygens (including phenoxy) is 1. The predicted molar refractivity (Wildman–Crippen MR) is 57.8 cm³/mol. The maximum Gasteiger partial charge on any atom is 0.328 e. The number of aliphatic carboxylic acids is 1. The molecule has 0 bridgehead atoms. The molecular weight excluding hydrogens is 250 g/mol. The van der Waals surface area contributed by atoms with Gasteiger partial charge in [0, 0.05) is 7.11 Å². The Labute approximate surface area is 102 Å². The maximum absolute atomic E-state index is 11.6.